The lowest BCUT2D eigenvalue weighted by Crippen LogP contribution is -2.22. The van der Waals surface area contributed by atoms with Gasteiger partial charge in [0.05, 0.1) is 10.5 Å². The Kier molecular flexibility index (Phi) is 5.33. The van der Waals surface area contributed by atoms with Crippen molar-refractivity contribution in [2.45, 2.75) is 32.7 Å². The molecular weight excluding hydrogens is 417 g/mol. The van der Waals surface area contributed by atoms with Gasteiger partial charge < -0.3 is 5.32 Å². The Morgan fingerprint density at radius 3 is 2.90 bits per heavy atom. The van der Waals surface area contributed by atoms with Crippen molar-refractivity contribution < 1.29 is 9.18 Å². The summed E-state index contributed by atoms with van der Waals surface area (Å²) in [6.07, 6.45) is 1.27. The molecule has 1 aromatic carbocycles. The Morgan fingerprint density at radius 2 is 2.14 bits per heavy atom. The number of hydrogen-bond donors (Lipinski definition) is 1. The molecule has 0 aliphatic carbocycles. The van der Waals surface area contributed by atoms with E-state index in [1.807, 2.05) is 22.8 Å². The van der Waals surface area contributed by atoms with Crippen molar-refractivity contribution in [2.75, 3.05) is 5.32 Å². The molecule has 0 spiro atoms. The van der Waals surface area contributed by atoms with Gasteiger partial charge in [0.2, 0.25) is 11.7 Å². The van der Waals surface area contributed by atoms with Gasteiger partial charge in [-0.3, -0.25) is 18.6 Å². The van der Waals surface area contributed by atoms with E-state index < -0.39 is 5.82 Å². The van der Waals surface area contributed by atoms with Crippen molar-refractivity contribution in [1.29, 1.82) is 0 Å². The highest BCUT2D eigenvalue weighted by Gasteiger charge is 2.17. The number of carbonyl (C=O) groups is 1. The zero-order valence-electron chi connectivity index (χ0n) is 15.5. The van der Waals surface area contributed by atoms with Crippen molar-refractivity contribution in [3.8, 4) is 0 Å². The average molecular weight is 434 g/mol. The predicted molar refractivity (Wildman–Crippen MR) is 111 cm³/mol. The van der Waals surface area contributed by atoms with Crippen LogP contribution in [-0.2, 0) is 17.8 Å². The fourth-order valence-electron chi connectivity index (χ4n) is 3.19. The van der Waals surface area contributed by atoms with Crippen LogP contribution in [0, 0.1) is 5.82 Å². The van der Waals surface area contributed by atoms with Crippen LogP contribution in [0.15, 0.2) is 34.4 Å². The van der Waals surface area contributed by atoms with E-state index in [9.17, 15) is 14.0 Å². The van der Waals surface area contributed by atoms with Crippen LogP contribution < -0.4 is 10.9 Å². The van der Waals surface area contributed by atoms with Gasteiger partial charge in [0.1, 0.15) is 16.3 Å². The minimum absolute atomic E-state index is 0.0556. The SMILES string of the molecule is CCCn1c(=O)c2sccc2n2c(CCC(=O)Nc3ccc(F)c(Cl)c3)nnc12. The summed E-state index contributed by atoms with van der Waals surface area (Å²) in [5, 5.41) is 12.9. The van der Waals surface area contributed by atoms with E-state index in [1.165, 1.54) is 29.5 Å². The highest BCUT2D eigenvalue weighted by molar-refractivity contribution is 7.17. The maximum atomic E-state index is 13.2. The first kappa shape index (κ1) is 19.5. The number of halogens is 2. The van der Waals surface area contributed by atoms with Gasteiger partial charge in [-0.1, -0.05) is 18.5 Å². The standard InChI is InChI=1S/C19H17ClFN5O2S/c1-2-8-25-18(28)17-14(7-9-29-17)26-15(23-24-19(25)26)5-6-16(27)22-11-3-4-13(21)12(20)10-11/h3-4,7,9-10H,2,5-6,8H2,1H3,(H,22,27). The second-order valence-corrected chi connectivity index (χ2v) is 7.84. The third-order valence-corrected chi connectivity index (χ3v) is 5.69. The molecule has 0 fully saturated rings. The van der Waals surface area contributed by atoms with Gasteiger partial charge in [-0.05, 0) is 36.1 Å². The molecule has 0 saturated carbocycles. The van der Waals surface area contributed by atoms with Crippen molar-refractivity contribution in [2.24, 2.45) is 0 Å². The number of nitrogens with zero attached hydrogens (tertiary/aromatic N) is 4. The third-order valence-electron chi connectivity index (χ3n) is 4.51. The van der Waals surface area contributed by atoms with Crippen LogP contribution in [0.4, 0.5) is 10.1 Å². The topological polar surface area (TPSA) is 81.3 Å². The fraction of sp³-hybridized carbons (Fsp3) is 0.263. The highest BCUT2D eigenvalue weighted by atomic mass is 35.5. The maximum Gasteiger partial charge on any atom is 0.272 e. The Morgan fingerprint density at radius 1 is 1.31 bits per heavy atom. The normalized spacial score (nSPS) is 11.4. The summed E-state index contributed by atoms with van der Waals surface area (Å²) in [6, 6.07) is 5.87. The van der Waals surface area contributed by atoms with Crippen LogP contribution in [0.3, 0.4) is 0 Å². The van der Waals surface area contributed by atoms with Crippen LogP contribution in [0.1, 0.15) is 25.6 Å². The average Bonchev–Trinajstić information content (AvgIpc) is 3.33. The first-order chi connectivity index (χ1) is 14.0. The van der Waals surface area contributed by atoms with Crippen molar-refractivity contribution in [3.05, 3.63) is 56.7 Å². The predicted octanol–water partition coefficient (Wildman–Crippen LogP) is 3.88. The summed E-state index contributed by atoms with van der Waals surface area (Å²) in [7, 11) is 0. The van der Waals surface area contributed by atoms with E-state index in [-0.39, 0.29) is 22.9 Å². The quantitative estimate of drug-likeness (QED) is 0.500. The number of aryl methyl sites for hydroxylation is 2. The van der Waals surface area contributed by atoms with E-state index in [0.29, 0.717) is 35.0 Å². The van der Waals surface area contributed by atoms with Gasteiger partial charge >= 0.3 is 0 Å². The smallest absolute Gasteiger partial charge is 0.272 e. The molecule has 0 radical (unpaired) electrons. The molecule has 3 heterocycles. The van der Waals surface area contributed by atoms with Crippen molar-refractivity contribution >= 4 is 50.5 Å². The van der Waals surface area contributed by atoms with Gasteiger partial charge in [-0.25, -0.2) is 4.39 Å². The molecule has 4 aromatic rings. The molecule has 0 aliphatic heterocycles. The number of fused-ring (bicyclic) bond motifs is 3. The number of carbonyl (C=O) groups excluding carboxylic acids is 1. The largest absolute Gasteiger partial charge is 0.326 e. The number of hydrogen-bond acceptors (Lipinski definition) is 5. The molecule has 29 heavy (non-hydrogen) atoms. The molecule has 0 atom stereocenters. The minimum Gasteiger partial charge on any atom is -0.326 e. The summed E-state index contributed by atoms with van der Waals surface area (Å²) < 4.78 is 17.3. The van der Waals surface area contributed by atoms with Gasteiger partial charge in [-0.2, -0.15) is 0 Å². The monoisotopic (exact) mass is 433 g/mol. The van der Waals surface area contributed by atoms with Gasteiger partial charge in [0, 0.05) is 25.1 Å². The van der Waals surface area contributed by atoms with Crippen LogP contribution in [0.2, 0.25) is 5.02 Å². The fourth-order valence-corrected chi connectivity index (χ4v) is 4.20. The molecule has 150 valence electrons. The number of aromatic nitrogens is 4. The van der Waals surface area contributed by atoms with Gasteiger partial charge in [-0.15, -0.1) is 21.5 Å². The number of benzene rings is 1. The molecule has 1 N–H and O–H groups in total. The van der Waals surface area contributed by atoms with Gasteiger partial charge in [0.15, 0.2) is 0 Å². The molecule has 4 rings (SSSR count). The Balaban J connectivity index is 1.61. The van der Waals surface area contributed by atoms with Crippen molar-refractivity contribution in [1.82, 2.24) is 19.2 Å². The Hall–Kier alpha value is -2.78. The maximum absolute atomic E-state index is 13.2. The van der Waals surface area contributed by atoms with Crippen molar-refractivity contribution in [3.63, 3.8) is 0 Å². The van der Waals surface area contributed by atoms with Crippen LogP contribution >= 0.6 is 22.9 Å². The highest BCUT2D eigenvalue weighted by Crippen LogP contribution is 2.21. The summed E-state index contributed by atoms with van der Waals surface area (Å²) in [4.78, 5) is 25.0. The van der Waals surface area contributed by atoms with E-state index in [2.05, 4.69) is 15.5 Å². The Bertz CT molecular complexity index is 1280. The first-order valence-electron chi connectivity index (χ1n) is 9.08. The number of amides is 1. The molecule has 3 aromatic heterocycles. The molecular formula is C19H17ClFN5O2S. The number of nitrogens with one attached hydrogen (secondary N) is 1. The zero-order chi connectivity index (χ0) is 20.5. The van der Waals surface area contributed by atoms with E-state index in [4.69, 9.17) is 11.6 Å². The molecule has 1 amide bonds. The van der Waals surface area contributed by atoms with Crippen LogP contribution in [0.25, 0.3) is 16.0 Å². The van der Waals surface area contributed by atoms with Crippen LogP contribution in [-0.4, -0.2) is 25.1 Å². The second-order valence-electron chi connectivity index (χ2n) is 6.52. The lowest BCUT2D eigenvalue weighted by molar-refractivity contribution is -0.116. The molecule has 0 bridgehead atoms. The number of anilines is 1. The minimum atomic E-state index is -0.544. The zero-order valence-corrected chi connectivity index (χ0v) is 17.1. The molecule has 0 aliphatic rings. The molecule has 7 nitrogen and oxygen atoms in total. The second kappa shape index (κ2) is 7.92. The third kappa shape index (κ3) is 3.63. The van der Waals surface area contributed by atoms with E-state index >= 15 is 0 Å². The number of thiophene rings is 1. The summed E-state index contributed by atoms with van der Waals surface area (Å²) in [6.45, 7) is 2.53. The van der Waals surface area contributed by atoms with Gasteiger partial charge in [0.25, 0.3) is 5.56 Å². The first-order valence-corrected chi connectivity index (χ1v) is 10.3. The Labute approximate surface area is 173 Å². The summed E-state index contributed by atoms with van der Waals surface area (Å²) >= 11 is 7.12. The lowest BCUT2D eigenvalue weighted by atomic mass is 10.2. The molecule has 10 heteroatoms. The summed E-state index contributed by atoms with van der Waals surface area (Å²) in [5.41, 5.74) is 1.09. The van der Waals surface area contributed by atoms with E-state index in [1.54, 1.807) is 4.57 Å². The summed E-state index contributed by atoms with van der Waals surface area (Å²) in [5.74, 6) is 0.273. The van der Waals surface area contributed by atoms with E-state index in [0.717, 1.165) is 11.9 Å². The number of rotatable bonds is 6. The lowest BCUT2D eigenvalue weighted by Gasteiger charge is -2.08. The molecule has 0 saturated heterocycles. The van der Waals surface area contributed by atoms with Crippen LogP contribution in [0.5, 0.6) is 0 Å². The molecule has 0 unspecified atom stereocenters.